The zero-order valence-electron chi connectivity index (χ0n) is 9.97. The van der Waals surface area contributed by atoms with Crippen LogP contribution in [-0.4, -0.2) is 33.0 Å². The molecule has 0 aliphatic heterocycles. The van der Waals surface area contributed by atoms with Crippen LogP contribution in [0.3, 0.4) is 0 Å². The molecule has 0 amide bonds. The summed E-state index contributed by atoms with van der Waals surface area (Å²) in [6, 6.07) is 3.62. The van der Waals surface area contributed by atoms with E-state index in [1.165, 1.54) is 25.1 Å². The predicted molar refractivity (Wildman–Crippen MR) is 70.4 cm³/mol. The minimum atomic E-state index is -1.18. The fourth-order valence-electron chi connectivity index (χ4n) is 1.24. The Bertz CT molecular complexity index is 595. The number of carbonyl (C=O) groups is 3. The van der Waals surface area contributed by atoms with Gasteiger partial charge in [0.1, 0.15) is 0 Å². The van der Waals surface area contributed by atoms with Crippen molar-refractivity contribution in [3.63, 3.8) is 0 Å². The van der Waals surface area contributed by atoms with E-state index in [9.17, 15) is 14.4 Å². The highest BCUT2D eigenvalue weighted by atomic mass is 32.2. The van der Waals surface area contributed by atoms with Crippen LogP contribution in [0.1, 0.15) is 33.2 Å². The third-order valence-electron chi connectivity index (χ3n) is 2.07. The van der Waals surface area contributed by atoms with Gasteiger partial charge in [0.05, 0.1) is 16.9 Å². The summed E-state index contributed by atoms with van der Waals surface area (Å²) >= 11 is 0.999. The lowest BCUT2D eigenvalue weighted by Crippen LogP contribution is -2.04. The van der Waals surface area contributed by atoms with Gasteiger partial charge in [-0.2, -0.15) is 0 Å². The first-order valence-corrected chi connectivity index (χ1v) is 6.13. The molecule has 98 valence electrons. The molecule has 0 bridgehead atoms. The average molecular weight is 278 g/mol. The molecule has 0 atom stereocenters. The Labute approximate surface area is 113 Å². The van der Waals surface area contributed by atoms with E-state index in [0.29, 0.717) is 0 Å². The molecule has 1 aromatic carbocycles. The van der Waals surface area contributed by atoms with Gasteiger partial charge in [-0.25, -0.2) is 9.59 Å². The van der Waals surface area contributed by atoms with Crippen molar-refractivity contribution in [1.82, 2.24) is 0 Å². The molecule has 0 saturated carbocycles. The van der Waals surface area contributed by atoms with E-state index in [1.807, 2.05) is 0 Å². The van der Waals surface area contributed by atoms with Crippen LogP contribution in [0.25, 0.3) is 0 Å². The first-order chi connectivity index (χ1) is 8.91. The molecule has 2 N–H and O–H groups in total. The van der Waals surface area contributed by atoms with Gasteiger partial charge in [0.2, 0.25) is 0 Å². The van der Waals surface area contributed by atoms with Gasteiger partial charge in [-0.3, -0.25) is 4.79 Å². The standard InChI is InChI=1S/C13H10O5S/c1-8(14)19-6-2-3-9-7-10(12(15)16)4-5-11(9)13(17)18/h4-5,7H,6H2,1H3,(H,15,16)(H,17,18). The second-order valence-electron chi connectivity index (χ2n) is 3.45. The maximum absolute atomic E-state index is 11.0. The number of thioether (sulfide) groups is 1. The van der Waals surface area contributed by atoms with E-state index >= 15 is 0 Å². The van der Waals surface area contributed by atoms with E-state index < -0.39 is 11.9 Å². The average Bonchev–Trinajstić information content (AvgIpc) is 2.33. The molecule has 0 unspecified atom stereocenters. The first-order valence-electron chi connectivity index (χ1n) is 5.14. The van der Waals surface area contributed by atoms with Crippen molar-refractivity contribution < 1.29 is 24.6 Å². The fraction of sp³-hybridized carbons (Fsp3) is 0.154. The van der Waals surface area contributed by atoms with Crippen LogP contribution in [0.15, 0.2) is 18.2 Å². The molecule has 0 fully saturated rings. The van der Waals surface area contributed by atoms with Gasteiger partial charge in [-0.15, -0.1) is 0 Å². The second kappa shape index (κ2) is 6.61. The van der Waals surface area contributed by atoms with E-state index in [1.54, 1.807) is 0 Å². The van der Waals surface area contributed by atoms with E-state index in [2.05, 4.69) is 11.8 Å². The number of hydrogen-bond acceptors (Lipinski definition) is 4. The number of benzene rings is 1. The summed E-state index contributed by atoms with van der Waals surface area (Å²) < 4.78 is 0. The smallest absolute Gasteiger partial charge is 0.336 e. The fourth-order valence-corrected chi connectivity index (χ4v) is 1.58. The molecular weight excluding hydrogens is 268 g/mol. The lowest BCUT2D eigenvalue weighted by molar-refractivity contribution is -0.109. The molecule has 0 aliphatic carbocycles. The molecule has 0 aliphatic rings. The van der Waals surface area contributed by atoms with Gasteiger partial charge in [0.15, 0.2) is 5.12 Å². The third-order valence-corrected chi connectivity index (χ3v) is 2.76. The van der Waals surface area contributed by atoms with Crippen LogP contribution in [0.2, 0.25) is 0 Å². The van der Waals surface area contributed by atoms with E-state index in [0.717, 1.165) is 11.8 Å². The molecule has 0 heterocycles. The summed E-state index contributed by atoms with van der Waals surface area (Å²) in [5, 5.41) is 17.7. The summed E-state index contributed by atoms with van der Waals surface area (Å²) in [6.07, 6.45) is 0. The molecule has 0 aromatic heterocycles. The minimum Gasteiger partial charge on any atom is -0.478 e. The molecule has 5 nitrogen and oxygen atoms in total. The number of rotatable bonds is 3. The summed E-state index contributed by atoms with van der Waals surface area (Å²) in [5.74, 6) is 3.10. The Morgan fingerprint density at radius 3 is 2.42 bits per heavy atom. The van der Waals surface area contributed by atoms with Crippen molar-refractivity contribution in [2.75, 3.05) is 5.75 Å². The van der Waals surface area contributed by atoms with Crippen LogP contribution in [0.4, 0.5) is 0 Å². The van der Waals surface area contributed by atoms with Gasteiger partial charge >= 0.3 is 11.9 Å². The van der Waals surface area contributed by atoms with Gasteiger partial charge in [-0.1, -0.05) is 23.6 Å². The van der Waals surface area contributed by atoms with Gasteiger partial charge in [0.25, 0.3) is 0 Å². The van der Waals surface area contributed by atoms with E-state index in [4.69, 9.17) is 10.2 Å². The van der Waals surface area contributed by atoms with Crippen LogP contribution < -0.4 is 0 Å². The molecule has 6 heteroatoms. The lowest BCUT2D eigenvalue weighted by atomic mass is 10.0. The molecule has 1 rings (SSSR count). The third kappa shape index (κ3) is 4.48. The number of carbonyl (C=O) groups excluding carboxylic acids is 1. The number of hydrogen-bond donors (Lipinski definition) is 2. The van der Waals surface area contributed by atoms with Crippen molar-refractivity contribution in [3.05, 3.63) is 34.9 Å². The Kier molecular flexibility index (Phi) is 5.15. The maximum Gasteiger partial charge on any atom is 0.336 e. The Hall–Kier alpha value is -2.26. The molecule has 0 radical (unpaired) electrons. The lowest BCUT2D eigenvalue weighted by Gasteiger charge is -2.01. The Balaban J connectivity index is 3.07. The summed E-state index contributed by atoms with van der Waals surface area (Å²) in [7, 11) is 0. The quantitative estimate of drug-likeness (QED) is 0.818. The van der Waals surface area contributed by atoms with Crippen LogP contribution >= 0.6 is 11.8 Å². The van der Waals surface area contributed by atoms with Crippen LogP contribution in [-0.2, 0) is 4.79 Å². The van der Waals surface area contributed by atoms with Crippen molar-refractivity contribution in [2.45, 2.75) is 6.92 Å². The Morgan fingerprint density at radius 2 is 1.89 bits per heavy atom. The minimum absolute atomic E-state index is 0.0338. The van der Waals surface area contributed by atoms with Gasteiger partial charge < -0.3 is 10.2 Å². The summed E-state index contributed by atoms with van der Waals surface area (Å²) in [5.41, 5.74) is 0.0235. The topological polar surface area (TPSA) is 91.7 Å². The first kappa shape index (κ1) is 14.8. The highest BCUT2D eigenvalue weighted by Gasteiger charge is 2.11. The highest BCUT2D eigenvalue weighted by molar-refractivity contribution is 8.13. The number of carboxylic acid groups (broad SMARTS) is 2. The number of aromatic carboxylic acids is 2. The van der Waals surface area contributed by atoms with Gasteiger partial charge in [-0.05, 0) is 18.2 Å². The molecular formula is C13H10O5S. The zero-order chi connectivity index (χ0) is 14.4. The van der Waals surface area contributed by atoms with Crippen molar-refractivity contribution in [3.8, 4) is 11.8 Å². The normalized spacial score (nSPS) is 9.32. The van der Waals surface area contributed by atoms with Crippen molar-refractivity contribution >= 4 is 28.8 Å². The second-order valence-corrected chi connectivity index (χ2v) is 4.60. The maximum atomic E-state index is 11.0. The monoisotopic (exact) mass is 278 g/mol. The number of carboxylic acids is 2. The van der Waals surface area contributed by atoms with Crippen LogP contribution in [0, 0.1) is 11.8 Å². The van der Waals surface area contributed by atoms with Gasteiger partial charge in [0, 0.05) is 12.5 Å². The summed E-state index contributed by atoms with van der Waals surface area (Å²) in [6.45, 7) is 1.40. The molecule has 0 spiro atoms. The van der Waals surface area contributed by atoms with Crippen molar-refractivity contribution in [2.24, 2.45) is 0 Å². The van der Waals surface area contributed by atoms with E-state index in [-0.39, 0.29) is 27.6 Å². The molecule has 0 saturated heterocycles. The summed E-state index contributed by atoms with van der Waals surface area (Å²) in [4.78, 5) is 32.5. The molecule has 1 aromatic rings. The molecule has 19 heavy (non-hydrogen) atoms. The van der Waals surface area contributed by atoms with Crippen molar-refractivity contribution in [1.29, 1.82) is 0 Å². The Morgan fingerprint density at radius 1 is 1.21 bits per heavy atom. The highest BCUT2D eigenvalue weighted by Crippen LogP contribution is 2.12. The SMILES string of the molecule is CC(=O)SCC#Cc1cc(C(=O)O)ccc1C(=O)O. The van der Waals surface area contributed by atoms with Crippen LogP contribution in [0.5, 0.6) is 0 Å². The predicted octanol–water partition coefficient (Wildman–Crippen LogP) is 1.71. The largest absolute Gasteiger partial charge is 0.478 e. The zero-order valence-corrected chi connectivity index (χ0v) is 10.8.